The number of hydrogen-bond acceptors (Lipinski definition) is 4. The Hall–Kier alpha value is -2.86. The average Bonchev–Trinajstić information content (AvgIpc) is 2.96. The van der Waals surface area contributed by atoms with Gasteiger partial charge in [0.1, 0.15) is 0 Å². The van der Waals surface area contributed by atoms with Crippen LogP contribution in [0, 0.1) is 0 Å². The molecule has 5 rings (SSSR count). The maximum Gasteiger partial charge on any atom is 0.267 e. The molecule has 2 aromatic carbocycles. The van der Waals surface area contributed by atoms with Crippen LogP contribution in [-0.2, 0) is 0 Å². The molecule has 3 heterocycles. The molecule has 1 saturated heterocycles. The summed E-state index contributed by atoms with van der Waals surface area (Å²) in [5, 5.41) is 10.0. The molecule has 0 spiro atoms. The van der Waals surface area contributed by atoms with E-state index in [0.29, 0.717) is 16.2 Å². The van der Waals surface area contributed by atoms with E-state index >= 15 is 0 Å². The summed E-state index contributed by atoms with van der Waals surface area (Å²) in [6.07, 6.45) is 4.74. The Balaban J connectivity index is 1.87. The summed E-state index contributed by atoms with van der Waals surface area (Å²) in [6, 6.07) is 15.0. The van der Waals surface area contributed by atoms with Gasteiger partial charge < -0.3 is 4.90 Å². The van der Waals surface area contributed by atoms with E-state index in [9.17, 15) is 4.79 Å². The third kappa shape index (κ3) is 2.76. The summed E-state index contributed by atoms with van der Waals surface area (Å²) in [5.41, 5.74) is 1.39. The molecule has 0 atom stereocenters. The van der Waals surface area contributed by atoms with E-state index < -0.39 is 0 Å². The van der Waals surface area contributed by atoms with Crippen molar-refractivity contribution < 1.29 is 0 Å². The maximum atomic E-state index is 13.3. The Labute approximate surface area is 167 Å². The molecule has 4 aromatic rings. The number of aromatic nitrogens is 4. The molecule has 1 fully saturated rings. The van der Waals surface area contributed by atoms with Crippen LogP contribution in [0.15, 0.2) is 53.3 Å². The fourth-order valence-corrected chi connectivity index (χ4v) is 4.17. The fourth-order valence-electron chi connectivity index (χ4n) is 4.00. The van der Waals surface area contributed by atoms with Gasteiger partial charge in [-0.15, -0.1) is 10.2 Å². The molecule has 1 aliphatic heterocycles. The number of rotatable bonds is 2. The van der Waals surface area contributed by atoms with Gasteiger partial charge in [0.05, 0.1) is 16.6 Å². The zero-order valence-corrected chi connectivity index (χ0v) is 16.1. The van der Waals surface area contributed by atoms with Gasteiger partial charge in [-0.2, -0.15) is 0 Å². The first-order valence-corrected chi connectivity index (χ1v) is 10.0. The van der Waals surface area contributed by atoms with Gasteiger partial charge in [-0.25, -0.2) is 8.97 Å². The maximum absolute atomic E-state index is 13.3. The first-order valence-electron chi connectivity index (χ1n) is 9.64. The van der Waals surface area contributed by atoms with E-state index in [0.717, 1.165) is 43.1 Å². The second kappa shape index (κ2) is 6.95. The Morgan fingerprint density at radius 3 is 2.39 bits per heavy atom. The normalized spacial score (nSPS) is 15.2. The van der Waals surface area contributed by atoms with E-state index in [1.165, 1.54) is 12.8 Å². The predicted molar refractivity (Wildman–Crippen MR) is 112 cm³/mol. The van der Waals surface area contributed by atoms with Crippen molar-refractivity contribution in [1.82, 2.24) is 19.2 Å². The standard InChI is InChI=1S/C21H20ClN5O/c22-15-10-11-18-17(14-15)19(28)26(16-8-4-3-5-9-16)21-24-23-20(27(18)21)25-12-6-1-2-7-13-25/h3-5,8-11,14H,1-2,6-7,12-13H2. The van der Waals surface area contributed by atoms with Crippen LogP contribution < -0.4 is 10.5 Å². The Morgan fingerprint density at radius 2 is 1.64 bits per heavy atom. The van der Waals surface area contributed by atoms with Crippen LogP contribution in [0.5, 0.6) is 0 Å². The molecule has 0 aliphatic carbocycles. The van der Waals surface area contributed by atoms with Gasteiger partial charge >= 0.3 is 0 Å². The highest BCUT2D eigenvalue weighted by atomic mass is 35.5. The molecular formula is C21H20ClN5O. The smallest absolute Gasteiger partial charge is 0.267 e. The summed E-state index contributed by atoms with van der Waals surface area (Å²) >= 11 is 6.23. The highest BCUT2D eigenvalue weighted by molar-refractivity contribution is 6.31. The highest BCUT2D eigenvalue weighted by Gasteiger charge is 2.22. The molecule has 1 aliphatic rings. The van der Waals surface area contributed by atoms with Crippen LogP contribution in [0.2, 0.25) is 5.02 Å². The van der Waals surface area contributed by atoms with Gasteiger partial charge in [-0.1, -0.05) is 42.6 Å². The number of nitrogens with zero attached hydrogens (tertiary/aromatic N) is 5. The fraction of sp³-hybridized carbons (Fsp3) is 0.286. The third-order valence-corrected chi connectivity index (χ3v) is 5.60. The molecule has 0 saturated carbocycles. The van der Waals surface area contributed by atoms with E-state index in [-0.39, 0.29) is 5.56 Å². The van der Waals surface area contributed by atoms with Gasteiger partial charge in [-0.05, 0) is 43.2 Å². The van der Waals surface area contributed by atoms with Crippen molar-refractivity contribution >= 4 is 34.2 Å². The molecule has 7 heteroatoms. The van der Waals surface area contributed by atoms with Crippen molar-refractivity contribution in [2.45, 2.75) is 25.7 Å². The van der Waals surface area contributed by atoms with Crippen LogP contribution in [0.1, 0.15) is 25.7 Å². The predicted octanol–water partition coefficient (Wildman–Crippen LogP) is 4.07. The Bertz CT molecular complexity index is 1210. The lowest BCUT2D eigenvalue weighted by Crippen LogP contribution is -2.27. The van der Waals surface area contributed by atoms with Crippen LogP contribution in [0.4, 0.5) is 5.95 Å². The largest absolute Gasteiger partial charge is 0.341 e. The molecule has 0 unspecified atom stereocenters. The van der Waals surface area contributed by atoms with Crippen LogP contribution in [0.3, 0.4) is 0 Å². The molecular weight excluding hydrogens is 374 g/mol. The lowest BCUT2D eigenvalue weighted by molar-refractivity contribution is 0.726. The van der Waals surface area contributed by atoms with Gasteiger partial charge in [0.25, 0.3) is 5.56 Å². The van der Waals surface area contributed by atoms with E-state index in [1.54, 1.807) is 10.6 Å². The number of hydrogen-bond donors (Lipinski definition) is 0. The topological polar surface area (TPSA) is 55.4 Å². The molecule has 6 nitrogen and oxygen atoms in total. The zero-order valence-electron chi connectivity index (χ0n) is 15.4. The van der Waals surface area contributed by atoms with Gasteiger partial charge in [0.2, 0.25) is 11.7 Å². The van der Waals surface area contributed by atoms with Gasteiger partial charge in [-0.3, -0.25) is 4.79 Å². The SMILES string of the molecule is O=c1c2cc(Cl)ccc2n2c(N3CCCCCC3)nnc2n1-c1ccccc1. The Kier molecular flexibility index (Phi) is 4.28. The first kappa shape index (κ1) is 17.3. The number of anilines is 1. The zero-order chi connectivity index (χ0) is 19.1. The monoisotopic (exact) mass is 393 g/mol. The van der Waals surface area contributed by atoms with Crippen molar-refractivity contribution in [3.05, 3.63) is 63.9 Å². The number of fused-ring (bicyclic) bond motifs is 3. The molecule has 0 N–H and O–H groups in total. The third-order valence-electron chi connectivity index (χ3n) is 5.37. The van der Waals surface area contributed by atoms with Crippen molar-refractivity contribution in [1.29, 1.82) is 0 Å². The minimum Gasteiger partial charge on any atom is -0.341 e. The van der Waals surface area contributed by atoms with Crippen molar-refractivity contribution in [2.75, 3.05) is 18.0 Å². The van der Waals surface area contributed by atoms with Crippen molar-refractivity contribution in [3.8, 4) is 5.69 Å². The first-order chi connectivity index (χ1) is 13.7. The number of para-hydroxylation sites is 1. The summed E-state index contributed by atoms with van der Waals surface area (Å²) in [5.74, 6) is 1.30. The van der Waals surface area contributed by atoms with E-state index in [1.807, 2.05) is 46.9 Å². The summed E-state index contributed by atoms with van der Waals surface area (Å²) in [4.78, 5) is 15.6. The van der Waals surface area contributed by atoms with Crippen molar-refractivity contribution in [3.63, 3.8) is 0 Å². The average molecular weight is 394 g/mol. The second-order valence-electron chi connectivity index (χ2n) is 7.17. The molecule has 28 heavy (non-hydrogen) atoms. The molecule has 2 aromatic heterocycles. The molecule has 0 amide bonds. The minimum absolute atomic E-state index is 0.147. The summed E-state index contributed by atoms with van der Waals surface area (Å²) < 4.78 is 3.61. The van der Waals surface area contributed by atoms with Gasteiger partial charge in [0.15, 0.2) is 0 Å². The lowest BCUT2D eigenvalue weighted by atomic mass is 10.2. The minimum atomic E-state index is -0.147. The summed E-state index contributed by atoms with van der Waals surface area (Å²) in [7, 11) is 0. The molecule has 0 bridgehead atoms. The van der Waals surface area contributed by atoms with Crippen LogP contribution in [0.25, 0.3) is 22.4 Å². The number of halogens is 1. The molecule has 142 valence electrons. The van der Waals surface area contributed by atoms with E-state index in [2.05, 4.69) is 15.1 Å². The summed E-state index contributed by atoms with van der Waals surface area (Å²) in [6.45, 7) is 1.89. The quantitative estimate of drug-likeness (QED) is 0.515. The highest BCUT2D eigenvalue weighted by Crippen LogP contribution is 2.25. The lowest BCUT2D eigenvalue weighted by Gasteiger charge is -2.21. The Morgan fingerprint density at radius 1 is 0.893 bits per heavy atom. The number of benzene rings is 2. The van der Waals surface area contributed by atoms with E-state index in [4.69, 9.17) is 11.6 Å². The van der Waals surface area contributed by atoms with Crippen LogP contribution in [-0.4, -0.2) is 32.3 Å². The second-order valence-corrected chi connectivity index (χ2v) is 7.61. The van der Waals surface area contributed by atoms with Crippen molar-refractivity contribution in [2.24, 2.45) is 0 Å². The van der Waals surface area contributed by atoms with Crippen LogP contribution >= 0.6 is 11.6 Å². The molecule has 0 radical (unpaired) electrons. The van der Waals surface area contributed by atoms with Gasteiger partial charge in [0, 0.05) is 18.1 Å².